The highest BCUT2D eigenvalue weighted by Crippen LogP contribution is 2.37. The summed E-state index contributed by atoms with van der Waals surface area (Å²) >= 11 is 0. The van der Waals surface area contributed by atoms with Gasteiger partial charge in [-0.2, -0.15) is 13.2 Å². The minimum Gasteiger partial charge on any atom is -0.361 e. The summed E-state index contributed by atoms with van der Waals surface area (Å²) in [4.78, 5) is 8.19. The van der Waals surface area contributed by atoms with E-state index in [1.54, 1.807) is 11.1 Å². The molecule has 1 unspecified atom stereocenters. The summed E-state index contributed by atoms with van der Waals surface area (Å²) in [7, 11) is 1.91. The number of aromatic nitrogens is 1. The first-order chi connectivity index (χ1) is 14.3. The maximum absolute atomic E-state index is 13.3. The first kappa shape index (κ1) is 22.8. The zero-order valence-electron chi connectivity index (χ0n) is 17.8. The van der Waals surface area contributed by atoms with Crippen LogP contribution in [0.5, 0.6) is 0 Å². The van der Waals surface area contributed by atoms with Crippen LogP contribution in [0.15, 0.2) is 36.3 Å². The first-order valence-corrected chi connectivity index (χ1v) is 10.3. The van der Waals surface area contributed by atoms with Crippen LogP contribution < -0.4 is 5.59 Å². The lowest BCUT2D eigenvalue weighted by Crippen LogP contribution is -2.38. The molecule has 1 aromatic rings. The summed E-state index contributed by atoms with van der Waals surface area (Å²) in [6, 6.07) is 4.02. The number of hydrogen-bond acceptors (Lipinski definition) is 5. The van der Waals surface area contributed by atoms with E-state index in [-0.39, 0.29) is 19.2 Å². The Morgan fingerprint density at radius 3 is 2.67 bits per heavy atom. The van der Waals surface area contributed by atoms with Gasteiger partial charge in [0.1, 0.15) is 20.2 Å². The summed E-state index contributed by atoms with van der Waals surface area (Å²) in [5.41, 5.74) is 3.27. The zero-order chi connectivity index (χ0) is 21.7. The van der Waals surface area contributed by atoms with Gasteiger partial charge in [0, 0.05) is 35.3 Å². The summed E-state index contributed by atoms with van der Waals surface area (Å²) in [6.45, 7) is 5.38. The van der Waals surface area contributed by atoms with Crippen LogP contribution in [0, 0.1) is 5.92 Å². The Morgan fingerprint density at radius 1 is 1.20 bits per heavy atom. The smallest absolute Gasteiger partial charge is 0.361 e. The summed E-state index contributed by atoms with van der Waals surface area (Å²) in [5, 5.41) is 0. The predicted octanol–water partition coefficient (Wildman–Crippen LogP) is 2.86. The molecular formula is C21H29BF3N3O2. The zero-order valence-corrected chi connectivity index (χ0v) is 17.8. The fourth-order valence-corrected chi connectivity index (χ4v) is 3.66. The topological polar surface area (TPSA) is 37.8 Å². The van der Waals surface area contributed by atoms with Gasteiger partial charge in [-0.15, -0.1) is 0 Å². The molecule has 0 radical (unpaired) electrons. The monoisotopic (exact) mass is 423 g/mol. The fourth-order valence-electron chi connectivity index (χ4n) is 3.66. The van der Waals surface area contributed by atoms with Crippen molar-refractivity contribution in [2.24, 2.45) is 5.92 Å². The Kier molecular flexibility index (Phi) is 7.60. The molecule has 0 N–H and O–H groups in total. The van der Waals surface area contributed by atoms with Crippen LogP contribution in [-0.2, 0) is 9.47 Å². The van der Waals surface area contributed by atoms with Crippen molar-refractivity contribution in [3.63, 3.8) is 0 Å². The average molecular weight is 423 g/mol. The van der Waals surface area contributed by atoms with Gasteiger partial charge in [0.15, 0.2) is 7.85 Å². The Bertz CT molecular complexity index is 783. The molecule has 164 valence electrons. The van der Waals surface area contributed by atoms with Crippen molar-refractivity contribution in [2.75, 3.05) is 26.8 Å². The quantitative estimate of drug-likeness (QED) is 0.700. The lowest BCUT2D eigenvalue weighted by Gasteiger charge is -2.33. The van der Waals surface area contributed by atoms with Gasteiger partial charge < -0.3 is 14.4 Å². The van der Waals surface area contributed by atoms with Crippen molar-refractivity contribution in [2.45, 2.75) is 45.3 Å². The fraction of sp³-hybridized carbons (Fsp3) is 0.571. The van der Waals surface area contributed by atoms with Crippen LogP contribution in [-0.4, -0.2) is 61.6 Å². The van der Waals surface area contributed by atoms with E-state index in [2.05, 4.69) is 18.8 Å². The Labute approximate surface area is 176 Å². The van der Waals surface area contributed by atoms with Gasteiger partial charge in [-0.1, -0.05) is 12.1 Å². The molecule has 1 aliphatic heterocycles. The first-order valence-electron chi connectivity index (χ1n) is 10.3. The van der Waals surface area contributed by atoms with Gasteiger partial charge in [0.05, 0.1) is 12.5 Å². The predicted molar refractivity (Wildman–Crippen MR) is 112 cm³/mol. The molecule has 0 fully saturated rings. The standard InChI is InChI=1S/C21H29BF3N3O2/c1-15(2)28-13-29-11-16(19-7-4-8-26-20(19)22)10-27(12-30-14-28)18-6-3-5-17(9-18)21(23,24)25/h4,7-10,15,17H,3,5-6,11-14,22H2,1-2H3/b16-10+. The molecule has 2 heterocycles. The second-order valence-corrected chi connectivity index (χ2v) is 8.08. The van der Waals surface area contributed by atoms with Gasteiger partial charge in [0.25, 0.3) is 0 Å². The van der Waals surface area contributed by atoms with E-state index in [0.717, 1.165) is 16.7 Å². The maximum Gasteiger partial charge on any atom is 0.395 e. The number of halogens is 3. The molecule has 0 spiro atoms. The van der Waals surface area contributed by atoms with Gasteiger partial charge in [-0.05, 0) is 44.7 Å². The van der Waals surface area contributed by atoms with Crippen molar-refractivity contribution in [3.05, 3.63) is 41.9 Å². The third-order valence-corrected chi connectivity index (χ3v) is 5.53. The van der Waals surface area contributed by atoms with Crippen LogP contribution >= 0.6 is 0 Å². The van der Waals surface area contributed by atoms with Crippen molar-refractivity contribution in [3.8, 4) is 0 Å². The van der Waals surface area contributed by atoms with Crippen LogP contribution in [0.25, 0.3) is 5.57 Å². The van der Waals surface area contributed by atoms with Gasteiger partial charge >= 0.3 is 6.18 Å². The third kappa shape index (κ3) is 5.86. The molecule has 9 heteroatoms. The normalized spacial score (nSPS) is 24.3. The van der Waals surface area contributed by atoms with Gasteiger partial charge in [0.2, 0.25) is 0 Å². The van der Waals surface area contributed by atoms with Crippen molar-refractivity contribution in [1.82, 2.24) is 14.8 Å². The molecule has 0 bridgehead atoms. The van der Waals surface area contributed by atoms with E-state index >= 15 is 0 Å². The molecule has 3 rings (SSSR count). The van der Waals surface area contributed by atoms with E-state index < -0.39 is 12.1 Å². The molecule has 1 aromatic heterocycles. The van der Waals surface area contributed by atoms with E-state index in [1.807, 2.05) is 31.1 Å². The van der Waals surface area contributed by atoms with Crippen LogP contribution in [0.2, 0.25) is 0 Å². The van der Waals surface area contributed by atoms with Gasteiger partial charge in [-0.3, -0.25) is 9.88 Å². The summed E-state index contributed by atoms with van der Waals surface area (Å²) in [6.07, 6.45) is 1.91. The molecule has 1 atom stereocenters. The largest absolute Gasteiger partial charge is 0.395 e. The molecule has 5 nitrogen and oxygen atoms in total. The number of pyridine rings is 1. The SMILES string of the molecule is Bc1ncccc1/C1=C/N(C2=CC(C(F)(F)F)CCC2)COCN(C(C)C)COC1. The number of allylic oxidation sites excluding steroid dienone is 2. The molecule has 0 saturated heterocycles. The summed E-state index contributed by atoms with van der Waals surface area (Å²) in [5.74, 6) is -1.42. The second kappa shape index (κ2) is 9.98. The average Bonchev–Trinajstić information content (AvgIpc) is 2.71. The highest BCUT2D eigenvalue weighted by atomic mass is 19.4. The molecule has 1 aliphatic carbocycles. The Balaban J connectivity index is 1.96. The molecular weight excluding hydrogens is 394 g/mol. The maximum atomic E-state index is 13.3. The van der Waals surface area contributed by atoms with Crippen molar-refractivity contribution < 1.29 is 22.6 Å². The van der Waals surface area contributed by atoms with Gasteiger partial charge in [-0.25, -0.2) is 0 Å². The molecule has 30 heavy (non-hydrogen) atoms. The highest BCUT2D eigenvalue weighted by molar-refractivity contribution is 6.32. The minimum atomic E-state index is -4.23. The Morgan fingerprint density at radius 2 is 1.97 bits per heavy atom. The van der Waals surface area contributed by atoms with E-state index in [9.17, 15) is 13.2 Å². The van der Waals surface area contributed by atoms with Crippen LogP contribution in [0.4, 0.5) is 13.2 Å². The molecule has 0 aromatic carbocycles. The molecule has 0 amide bonds. The third-order valence-electron chi connectivity index (χ3n) is 5.53. The molecule has 0 saturated carbocycles. The van der Waals surface area contributed by atoms with Crippen molar-refractivity contribution >= 4 is 19.0 Å². The molecule has 2 aliphatic rings. The minimum absolute atomic E-state index is 0.129. The van der Waals surface area contributed by atoms with Crippen LogP contribution in [0.3, 0.4) is 0 Å². The van der Waals surface area contributed by atoms with Crippen LogP contribution in [0.1, 0.15) is 38.7 Å². The van der Waals surface area contributed by atoms with E-state index in [1.165, 1.54) is 6.08 Å². The number of ether oxygens (including phenoxy) is 2. The second-order valence-electron chi connectivity index (χ2n) is 8.08. The number of rotatable bonds is 3. The summed E-state index contributed by atoms with van der Waals surface area (Å²) < 4.78 is 51.8. The van der Waals surface area contributed by atoms with E-state index in [0.29, 0.717) is 38.6 Å². The van der Waals surface area contributed by atoms with E-state index in [4.69, 9.17) is 9.47 Å². The highest BCUT2D eigenvalue weighted by Gasteiger charge is 2.39. The number of hydrogen-bond donors (Lipinski definition) is 0. The Hall–Kier alpha value is -1.84. The number of nitrogens with zero attached hydrogens (tertiary/aromatic N) is 3. The van der Waals surface area contributed by atoms with Crippen molar-refractivity contribution in [1.29, 1.82) is 0 Å². The lowest BCUT2D eigenvalue weighted by atomic mass is 9.92. The lowest BCUT2D eigenvalue weighted by molar-refractivity contribution is -0.164. The number of alkyl halides is 3.